The van der Waals surface area contributed by atoms with Crippen molar-refractivity contribution in [1.29, 1.82) is 0 Å². The van der Waals surface area contributed by atoms with Gasteiger partial charge in [-0.25, -0.2) is 13.2 Å². The lowest BCUT2D eigenvalue weighted by Gasteiger charge is -2.07. The molecule has 2 rings (SSSR count). The van der Waals surface area contributed by atoms with Gasteiger partial charge >= 0.3 is 0 Å². The standard InChI is InChI=1S/C14H8F3IO/c1-7-3-2-4-8(13(7)18)14(19)9-5-11(16)12(17)6-10(9)15/h2-6H,1H3. The van der Waals surface area contributed by atoms with Crippen molar-refractivity contribution in [3.05, 3.63) is 68.0 Å². The van der Waals surface area contributed by atoms with Crippen LogP contribution in [0.5, 0.6) is 0 Å². The molecule has 98 valence electrons. The number of aryl methyl sites for hydroxylation is 1. The first kappa shape index (κ1) is 14.0. The van der Waals surface area contributed by atoms with Crippen molar-refractivity contribution in [2.45, 2.75) is 6.92 Å². The van der Waals surface area contributed by atoms with Crippen molar-refractivity contribution < 1.29 is 18.0 Å². The van der Waals surface area contributed by atoms with Gasteiger partial charge in [0, 0.05) is 15.2 Å². The molecule has 2 aromatic rings. The molecule has 0 aliphatic rings. The third kappa shape index (κ3) is 2.65. The van der Waals surface area contributed by atoms with Gasteiger partial charge in [-0.3, -0.25) is 4.79 Å². The van der Waals surface area contributed by atoms with E-state index in [0.29, 0.717) is 15.7 Å². The molecule has 0 heterocycles. The van der Waals surface area contributed by atoms with Crippen LogP contribution in [0.25, 0.3) is 0 Å². The highest BCUT2D eigenvalue weighted by Crippen LogP contribution is 2.22. The molecule has 0 aliphatic heterocycles. The Morgan fingerprint density at radius 3 is 2.32 bits per heavy atom. The number of rotatable bonds is 2. The Morgan fingerprint density at radius 1 is 1.00 bits per heavy atom. The molecule has 0 fully saturated rings. The first-order chi connectivity index (χ1) is 8.91. The summed E-state index contributed by atoms with van der Waals surface area (Å²) in [6.45, 7) is 1.81. The van der Waals surface area contributed by atoms with Gasteiger partial charge in [-0.15, -0.1) is 0 Å². The van der Waals surface area contributed by atoms with Gasteiger partial charge in [-0.1, -0.05) is 12.1 Å². The molecule has 0 atom stereocenters. The van der Waals surface area contributed by atoms with Gasteiger partial charge in [0.25, 0.3) is 0 Å². The molecule has 0 aliphatic carbocycles. The number of carbonyl (C=O) groups excluding carboxylic acids is 1. The van der Waals surface area contributed by atoms with Crippen LogP contribution in [0.15, 0.2) is 30.3 Å². The largest absolute Gasteiger partial charge is 0.288 e. The summed E-state index contributed by atoms with van der Waals surface area (Å²) in [6, 6.07) is 5.96. The lowest BCUT2D eigenvalue weighted by Crippen LogP contribution is -2.08. The molecular formula is C14H8F3IO. The quantitative estimate of drug-likeness (QED) is 0.435. The molecule has 0 N–H and O–H groups in total. The zero-order valence-corrected chi connectivity index (χ0v) is 12.0. The van der Waals surface area contributed by atoms with Crippen LogP contribution < -0.4 is 0 Å². The van der Waals surface area contributed by atoms with E-state index in [4.69, 9.17) is 0 Å². The second-order valence-electron chi connectivity index (χ2n) is 4.01. The third-order valence-electron chi connectivity index (χ3n) is 2.69. The molecule has 0 saturated heterocycles. The first-order valence-corrected chi connectivity index (χ1v) is 6.44. The SMILES string of the molecule is Cc1cccc(C(=O)c2cc(F)c(F)cc2F)c1I. The molecule has 5 heteroatoms. The molecule has 0 amide bonds. The van der Waals surface area contributed by atoms with Crippen LogP contribution in [-0.2, 0) is 0 Å². The minimum absolute atomic E-state index is 0.269. The van der Waals surface area contributed by atoms with E-state index in [2.05, 4.69) is 0 Å². The predicted molar refractivity (Wildman–Crippen MR) is 73.6 cm³/mol. The van der Waals surface area contributed by atoms with Crippen LogP contribution in [0.4, 0.5) is 13.2 Å². The van der Waals surface area contributed by atoms with Crippen molar-refractivity contribution >= 4 is 28.4 Å². The summed E-state index contributed by atoms with van der Waals surface area (Å²) >= 11 is 1.96. The van der Waals surface area contributed by atoms with Gasteiger partial charge in [0.1, 0.15) is 5.82 Å². The van der Waals surface area contributed by atoms with Gasteiger partial charge in [0.2, 0.25) is 0 Å². The Morgan fingerprint density at radius 2 is 1.63 bits per heavy atom. The van der Waals surface area contributed by atoms with Crippen LogP contribution >= 0.6 is 22.6 Å². The maximum Gasteiger partial charge on any atom is 0.197 e. The Bertz CT molecular complexity index is 668. The van der Waals surface area contributed by atoms with Crippen molar-refractivity contribution in [1.82, 2.24) is 0 Å². The number of hydrogen-bond acceptors (Lipinski definition) is 1. The second-order valence-corrected chi connectivity index (χ2v) is 5.09. The van der Waals surface area contributed by atoms with E-state index in [9.17, 15) is 18.0 Å². The number of hydrogen-bond donors (Lipinski definition) is 0. The fourth-order valence-corrected chi connectivity index (χ4v) is 2.27. The monoisotopic (exact) mass is 376 g/mol. The number of benzene rings is 2. The number of carbonyl (C=O) groups is 1. The zero-order valence-electron chi connectivity index (χ0n) is 9.81. The Labute approximate surface area is 121 Å². The average Bonchev–Trinajstić information content (AvgIpc) is 2.36. The summed E-state index contributed by atoms with van der Waals surface area (Å²) < 4.78 is 40.2. The predicted octanol–water partition coefficient (Wildman–Crippen LogP) is 4.25. The normalized spacial score (nSPS) is 10.6. The summed E-state index contributed by atoms with van der Waals surface area (Å²) in [5.41, 5.74) is 0.655. The minimum atomic E-state index is -1.31. The van der Waals surface area contributed by atoms with Crippen LogP contribution in [0.1, 0.15) is 21.5 Å². The summed E-state index contributed by atoms with van der Waals surface area (Å²) in [5.74, 6) is -4.29. The number of halogens is 4. The lowest BCUT2D eigenvalue weighted by atomic mass is 10.0. The fraction of sp³-hybridized carbons (Fsp3) is 0.0714. The van der Waals surface area contributed by atoms with Crippen LogP contribution in [0.2, 0.25) is 0 Å². The smallest absolute Gasteiger partial charge is 0.197 e. The molecule has 0 unspecified atom stereocenters. The Balaban J connectivity index is 2.56. The van der Waals surface area contributed by atoms with Gasteiger partial charge in [0.15, 0.2) is 17.4 Å². The minimum Gasteiger partial charge on any atom is -0.288 e. The highest BCUT2D eigenvalue weighted by Gasteiger charge is 2.20. The van der Waals surface area contributed by atoms with E-state index < -0.39 is 28.8 Å². The van der Waals surface area contributed by atoms with E-state index in [0.717, 1.165) is 5.56 Å². The molecule has 2 aromatic carbocycles. The van der Waals surface area contributed by atoms with E-state index >= 15 is 0 Å². The molecule has 0 spiro atoms. The Kier molecular flexibility index (Phi) is 3.93. The van der Waals surface area contributed by atoms with Gasteiger partial charge in [-0.2, -0.15) is 0 Å². The molecule has 19 heavy (non-hydrogen) atoms. The first-order valence-electron chi connectivity index (χ1n) is 5.36. The maximum absolute atomic E-state index is 13.6. The molecule has 0 bridgehead atoms. The van der Waals surface area contributed by atoms with Crippen LogP contribution in [0, 0.1) is 27.9 Å². The summed E-state index contributed by atoms with van der Waals surface area (Å²) in [4.78, 5) is 12.2. The van der Waals surface area contributed by atoms with Gasteiger partial charge in [-0.05, 0) is 47.2 Å². The van der Waals surface area contributed by atoms with E-state index in [-0.39, 0.29) is 5.56 Å². The van der Waals surface area contributed by atoms with Crippen molar-refractivity contribution in [3.8, 4) is 0 Å². The third-order valence-corrected chi connectivity index (χ3v) is 4.12. The van der Waals surface area contributed by atoms with E-state index in [1.807, 2.05) is 22.6 Å². The van der Waals surface area contributed by atoms with E-state index in [1.165, 1.54) is 6.07 Å². The average molecular weight is 376 g/mol. The topological polar surface area (TPSA) is 17.1 Å². The Hall–Kier alpha value is -1.37. The van der Waals surface area contributed by atoms with Gasteiger partial charge < -0.3 is 0 Å². The second kappa shape index (κ2) is 5.32. The van der Waals surface area contributed by atoms with Crippen molar-refractivity contribution in [3.63, 3.8) is 0 Å². The summed E-state index contributed by atoms with van der Waals surface area (Å²) in [7, 11) is 0. The van der Waals surface area contributed by atoms with Crippen LogP contribution in [-0.4, -0.2) is 5.78 Å². The fourth-order valence-electron chi connectivity index (χ4n) is 1.66. The number of ketones is 1. The van der Waals surface area contributed by atoms with Crippen LogP contribution in [0.3, 0.4) is 0 Å². The molecule has 0 aromatic heterocycles. The van der Waals surface area contributed by atoms with E-state index in [1.54, 1.807) is 19.1 Å². The molecular weight excluding hydrogens is 368 g/mol. The van der Waals surface area contributed by atoms with Crippen molar-refractivity contribution in [2.24, 2.45) is 0 Å². The summed E-state index contributed by atoms with van der Waals surface area (Å²) in [6.07, 6.45) is 0. The molecule has 1 nitrogen and oxygen atoms in total. The highest BCUT2D eigenvalue weighted by molar-refractivity contribution is 14.1. The molecule has 0 radical (unpaired) electrons. The van der Waals surface area contributed by atoms with Crippen molar-refractivity contribution in [2.75, 3.05) is 0 Å². The zero-order chi connectivity index (χ0) is 14.2. The maximum atomic E-state index is 13.6. The van der Waals surface area contributed by atoms with Gasteiger partial charge in [0.05, 0.1) is 5.56 Å². The molecule has 0 saturated carbocycles. The lowest BCUT2D eigenvalue weighted by molar-refractivity contribution is 0.103. The summed E-state index contributed by atoms with van der Waals surface area (Å²) in [5, 5.41) is 0. The highest BCUT2D eigenvalue weighted by atomic mass is 127.